The van der Waals surface area contributed by atoms with E-state index in [0.29, 0.717) is 0 Å². The van der Waals surface area contributed by atoms with Crippen LogP contribution in [-0.4, -0.2) is 47.0 Å². The first kappa shape index (κ1) is 14.8. The summed E-state index contributed by atoms with van der Waals surface area (Å²) in [6.45, 7) is 4.53. The van der Waals surface area contributed by atoms with Gasteiger partial charge in [0.2, 0.25) is 5.91 Å². The van der Waals surface area contributed by atoms with Crippen molar-refractivity contribution in [1.29, 1.82) is 0 Å². The molecule has 1 heterocycles. The molecule has 1 saturated heterocycles. The number of hydrogen-bond acceptors (Lipinski definition) is 4. The lowest BCUT2D eigenvalue weighted by Gasteiger charge is -2.17. The van der Waals surface area contributed by atoms with Gasteiger partial charge in [-0.25, -0.2) is 4.79 Å². The lowest BCUT2D eigenvalue weighted by atomic mass is 10.2. The second-order valence-corrected chi connectivity index (χ2v) is 4.94. The van der Waals surface area contributed by atoms with Crippen LogP contribution in [-0.2, 0) is 4.79 Å². The van der Waals surface area contributed by atoms with Gasteiger partial charge in [-0.15, -0.1) is 0 Å². The van der Waals surface area contributed by atoms with Crippen LogP contribution in [0.3, 0.4) is 0 Å². The normalized spacial score (nSPS) is 15.4. The van der Waals surface area contributed by atoms with Gasteiger partial charge >= 0.3 is 6.03 Å². The average molecular weight is 273 g/mol. The van der Waals surface area contributed by atoms with E-state index in [-0.39, 0.29) is 42.1 Å². The van der Waals surface area contributed by atoms with Crippen molar-refractivity contribution in [3.63, 3.8) is 0 Å². The summed E-state index contributed by atoms with van der Waals surface area (Å²) in [5.74, 6) is 0.0193. The zero-order valence-corrected chi connectivity index (χ0v) is 11.5. The van der Waals surface area contributed by atoms with Crippen LogP contribution in [0.15, 0.2) is 0 Å². The van der Waals surface area contributed by atoms with Crippen molar-refractivity contribution < 1.29 is 14.4 Å². The molecule has 1 rings (SSSR count). The molecule has 1 aliphatic rings. The monoisotopic (exact) mass is 273 g/mol. The van der Waals surface area contributed by atoms with Crippen molar-refractivity contribution >= 4 is 28.9 Å². The van der Waals surface area contributed by atoms with Crippen LogP contribution < -0.4 is 10.6 Å². The molecule has 0 radical (unpaired) electrons. The minimum atomic E-state index is -0.254. The molecule has 6 nitrogen and oxygen atoms in total. The van der Waals surface area contributed by atoms with Crippen LogP contribution in [0.25, 0.3) is 0 Å². The number of nitrogens with zero attached hydrogens (tertiary/aromatic N) is 1. The van der Waals surface area contributed by atoms with E-state index in [2.05, 4.69) is 10.6 Å². The third kappa shape index (κ3) is 4.21. The van der Waals surface area contributed by atoms with Crippen molar-refractivity contribution in [1.82, 2.24) is 15.5 Å². The van der Waals surface area contributed by atoms with E-state index in [0.717, 1.165) is 24.6 Å². The molecule has 1 aliphatic heterocycles. The standard InChI is InChI=1S/C11H19N3O3S/c1-3-8(4-2)13-10(16)12-5-6-14-9(15)7-18-11(14)17/h8H,3-7H2,1-2H3,(H2,12,13,16). The van der Waals surface area contributed by atoms with Gasteiger partial charge in [-0.1, -0.05) is 25.6 Å². The van der Waals surface area contributed by atoms with Crippen LogP contribution in [0.4, 0.5) is 9.59 Å². The van der Waals surface area contributed by atoms with Crippen molar-refractivity contribution in [3.05, 3.63) is 0 Å². The Balaban J connectivity index is 2.23. The minimum Gasteiger partial charge on any atom is -0.336 e. The van der Waals surface area contributed by atoms with Gasteiger partial charge in [0.1, 0.15) is 0 Å². The highest BCUT2D eigenvalue weighted by Crippen LogP contribution is 2.17. The number of rotatable bonds is 6. The highest BCUT2D eigenvalue weighted by molar-refractivity contribution is 8.14. The van der Waals surface area contributed by atoms with Gasteiger partial charge in [-0.05, 0) is 12.8 Å². The largest absolute Gasteiger partial charge is 0.336 e. The molecular formula is C11H19N3O3S. The fourth-order valence-electron chi connectivity index (χ4n) is 1.61. The van der Waals surface area contributed by atoms with Crippen molar-refractivity contribution in [2.45, 2.75) is 32.7 Å². The summed E-state index contributed by atoms with van der Waals surface area (Å²) in [7, 11) is 0. The molecule has 0 aromatic carbocycles. The summed E-state index contributed by atoms with van der Waals surface area (Å²) in [5.41, 5.74) is 0. The zero-order valence-electron chi connectivity index (χ0n) is 10.7. The van der Waals surface area contributed by atoms with E-state index in [1.54, 1.807) is 0 Å². The Bertz CT molecular complexity index is 315. The SMILES string of the molecule is CCC(CC)NC(=O)NCCN1C(=O)CSC1=O. The molecule has 18 heavy (non-hydrogen) atoms. The first-order valence-electron chi connectivity index (χ1n) is 6.10. The number of amides is 4. The number of thioether (sulfide) groups is 1. The molecule has 1 fully saturated rings. The highest BCUT2D eigenvalue weighted by Gasteiger charge is 2.29. The second-order valence-electron chi connectivity index (χ2n) is 4.01. The smallest absolute Gasteiger partial charge is 0.315 e. The Morgan fingerprint density at radius 3 is 2.56 bits per heavy atom. The molecule has 0 atom stereocenters. The average Bonchev–Trinajstić information content (AvgIpc) is 2.67. The molecule has 0 saturated carbocycles. The lowest BCUT2D eigenvalue weighted by molar-refractivity contribution is -0.124. The van der Waals surface area contributed by atoms with Crippen molar-refractivity contribution in [2.24, 2.45) is 0 Å². The van der Waals surface area contributed by atoms with Crippen LogP contribution >= 0.6 is 11.8 Å². The Morgan fingerprint density at radius 2 is 2.06 bits per heavy atom. The maximum absolute atomic E-state index is 11.5. The molecule has 0 aromatic heterocycles. The zero-order chi connectivity index (χ0) is 13.5. The number of carbonyl (C=O) groups is 3. The summed E-state index contributed by atoms with van der Waals surface area (Å²) in [6.07, 6.45) is 1.76. The van der Waals surface area contributed by atoms with Crippen molar-refractivity contribution in [3.8, 4) is 0 Å². The summed E-state index contributed by atoms with van der Waals surface area (Å²) in [4.78, 5) is 35.2. The van der Waals surface area contributed by atoms with Gasteiger partial charge in [0.25, 0.3) is 5.24 Å². The Morgan fingerprint density at radius 1 is 1.39 bits per heavy atom. The third-order valence-electron chi connectivity index (χ3n) is 2.78. The minimum absolute atomic E-state index is 0.163. The molecule has 2 N–H and O–H groups in total. The van der Waals surface area contributed by atoms with Crippen molar-refractivity contribution in [2.75, 3.05) is 18.8 Å². The van der Waals surface area contributed by atoms with Crippen LogP contribution in [0, 0.1) is 0 Å². The Hall–Kier alpha value is -1.24. The molecule has 0 aliphatic carbocycles. The van der Waals surface area contributed by atoms with Crippen LogP contribution in [0.1, 0.15) is 26.7 Å². The topological polar surface area (TPSA) is 78.5 Å². The molecule has 0 bridgehead atoms. The predicted molar refractivity (Wildman–Crippen MR) is 70.5 cm³/mol. The second kappa shape index (κ2) is 7.25. The third-order valence-corrected chi connectivity index (χ3v) is 3.64. The van der Waals surface area contributed by atoms with Gasteiger partial charge < -0.3 is 10.6 Å². The number of nitrogens with one attached hydrogen (secondary N) is 2. The maximum atomic E-state index is 11.5. The van der Waals surface area contributed by atoms with E-state index in [1.807, 2.05) is 13.8 Å². The van der Waals surface area contributed by atoms with Gasteiger partial charge in [-0.2, -0.15) is 0 Å². The molecule has 102 valence electrons. The summed E-state index contributed by atoms with van der Waals surface area (Å²) < 4.78 is 0. The van der Waals surface area contributed by atoms with Gasteiger partial charge in [0.05, 0.1) is 5.75 Å². The molecule has 7 heteroatoms. The van der Waals surface area contributed by atoms with E-state index < -0.39 is 0 Å². The number of imide groups is 1. The quantitative estimate of drug-likeness (QED) is 0.761. The van der Waals surface area contributed by atoms with Crippen LogP contribution in [0.2, 0.25) is 0 Å². The van der Waals surface area contributed by atoms with E-state index in [4.69, 9.17) is 0 Å². The number of carbonyl (C=O) groups excluding carboxylic acids is 3. The van der Waals surface area contributed by atoms with E-state index in [9.17, 15) is 14.4 Å². The molecule has 0 spiro atoms. The summed E-state index contributed by atoms with van der Waals surface area (Å²) >= 11 is 0.999. The summed E-state index contributed by atoms with van der Waals surface area (Å²) in [5, 5.41) is 5.23. The fourth-order valence-corrected chi connectivity index (χ4v) is 2.36. The number of hydrogen-bond donors (Lipinski definition) is 2. The number of urea groups is 1. The molecular weight excluding hydrogens is 254 g/mol. The van der Waals surface area contributed by atoms with Gasteiger partial charge in [-0.3, -0.25) is 14.5 Å². The first-order chi connectivity index (χ1) is 8.58. The Kier molecular flexibility index (Phi) is 5.97. The van der Waals surface area contributed by atoms with Gasteiger partial charge in [0, 0.05) is 19.1 Å². The molecule has 4 amide bonds. The Labute approximate surface area is 111 Å². The fraction of sp³-hybridized carbons (Fsp3) is 0.727. The highest BCUT2D eigenvalue weighted by atomic mass is 32.2. The molecule has 0 unspecified atom stereocenters. The van der Waals surface area contributed by atoms with E-state index in [1.165, 1.54) is 4.90 Å². The predicted octanol–water partition coefficient (Wildman–Crippen LogP) is 1.17. The maximum Gasteiger partial charge on any atom is 0.315 e. The lowest BCUT2D eigenvalue weighted by Crippen LogP contribution is -2.44. The molecule has 0 aromatic rings. The van der Waals surface area contributed by atoms with Crippen LogP contribution in [0.5, 0.6) is 0 Å². The van der Waals surface area contributed by atoms with E-state index >= 15 is 0 Å². The van der Waals surface area contributed by atoms with Gasteiger partial charge in [0.15, 0.2) is 0 Å². The summed E-state index contributed by atoms with van der Waals surface area (Å²) in [6, 6.07) is -0.0916. The first-order valence-corrected chi connectivity index (χ1v) is 7.08.